The van der Waals surface area contributed by atoms with Gasteiger partial charge < -0.3 is 10.1 Å². The fourth-order valence-electron chi connectivity index (χ4n) is 2.30. The van der Waals surface area contributed by atoms with Gasteiger partial charge in [0.1, 0.15) is 6.61 Å². The molecule has 0 aromatic heterocycles. The number of halogens is 3. The Hall–Kier alpha value is -1.76. The molecule has 1 amide bonds. The first-order chi connectivity index (χ1) is 9.92. The molecule has 0 bridgehead atoms. The molecule has 1 aliphatic carbocycles. The third-order valence-corrected chi connectivity index (χ3v) is 3.22. The first kappa shape index (κ1) is 15.6. The van der Waals surface area contributed by atoms with Crippen molar-refractivity contribution in [3.05, 3.63) is 35.9 Å². The van der Waals surface area contributed by atoms with E-state index in [0.29, 0.717) is 6.42 Å². The van der Waals surface area contributed by atoms with Crippen LogP contribution < -0.4 is 5.32 Å². The molecule has 4 nitrogen and oxygen atoms in total. The van der Waals surface area contributed by atoms with E-state index in [0.717, 1.165) is 5.56 Å². The lowest BCUT2D eigenvalue weighted by molar-refractivity contribution is -0.341. The lowest BCUT2D eigenvalue weighted by Crippen LogP contribution is -2.34. The van der Waals surface area contributed by atoms with Gasteiger partial charge in [-0.1, -0.05) is 30.3 Å². The van der Waals surface area contributed by atoms with Gasteiger partial charge in [-0.25, -0.2) is 4.79 Å². The number of nitrogens with one attached hydrogen (secondary N) is 1. The van der Waals surface area contributed by atoms with Crippen LogP contribution in [-0.4, -0.2) is 24.6 Å². The van der Waals surface area contributed by atoms with E-state index in [-0.39, 0.29) is 25.5 Å². The minimum absolute atomic E-state index is 0.127. The van der Waals surface area contributed by atoms with Crippen molar-refractivity contribution < 1.29 is 27.4 Å². The van der Waals surface area contributed by atoms with E-state index in [1.54, 1.807) is 0 Å². The number of carbonyl (C=O) groups excluding carboxylic acids is 1. The summed E-state index contributed by atoms with van der Waals surface area (Å²) in [6, 6.07) is 8.79. The summed E-state index contributed by atoms with van der Waals surface area (Å²) in [5.74, 6) is 0. The van der Waals surface area contributed by atoms with Crippen LogP contribution in [-0.2, 0) is 16.1 Å². The summed E-state index contributed by atoms with van der Waals surface area (Å²) in [5.41, 5.74) is 0.845. The molecule has 1 N–H and O–H groups in total. The Morgan fingerprint density at radius 3 is 2.62 bits per heavy atom. The molecule has 116 valence electrons. The van der Waals surface area contributed by atoms with Gasteiger partial charge in [-0.2, -0.15) is 0 Å². The fraction of sp³-hybridized carbons (Fsp3) is 0.500. The fourth-order valence-corrected chi connectivity index (χ4v) is 2.30. The van der Waals surface area contributed by atoms with Gasteiger partial charge in [-0.05, 0) is 24.8 Å². The summed E-state index contributed by atoms with van der Waals surface area (Å²) in [5, 5.41) is 2.56. The number of benzene rings is 1. The summed E-state index contributed by atoms with van der Waals surface area (Å²) in [4.78, 5) is 11.6. The Morgan fingerprint density at radius 2 is 1.95 bits per heavy atom. The molecule has 0 spiro atoms. The number of alkyl carbamates (subject to hydrolysis) is 1. The molecule has 1 aliphatic rings. The number of alkyl halides is 3. The molecule has 7 heteroatoms. The maximum absolute atomic E-state index is 12.1. The van der Waals surface area contributed by atoms with Gasteiger partial charge in [-0.15, -0.1) is 13.2 Å². The van der Waals surface area contributed by atoms with Crippen molar-refractivity contribution in [2.45, 2.75) is 44.4 Å². The molecule has 2 rings (SSSR count). The quantitative estimate of drug-likeness (QED) is 0.927. The second kappa shape index (κ2) is 6.80. The van der Waals surface area contributed by atoms with E-state index in [4.69, 9.17) is 4.74 Å². The van der Waals surface area contributed by atoms with Gasteiger partial charge in [0.2, 0.25) is 0 Å². The van der Waals surface area contributed by atoms with Crippen LogP contribution in [0.3, 0.4) is 0 Å². The van der Waals surface area contributed by atoms with E-state index in [2.05, 4.69) is 10.1 Å². The van der Waals surface area contributed by atoms with Crippen molar-refractivity contribution in [1.82, 2.24) is 5.32 Å². The Labute approximate surface area is 120 Å². The number of hydrogen-bond acceptors (Lipinski definition) is 3. The highest BCUT2D eigenvalue weighted by molar-refractivity contribution is 5.67. The summed E-state index contributed by atoms with van der Waals surface area (Å²) < 4.78 is 45.2. The van der Waals surface area contributed by atoms with E-state index < -0.39 is 18.6 Å². The molecule has 0 saturated heterocycles. The SMILES string of the molecule is O=C(NC1CCC(OC(F)(F)F)C1)OCc1ccccc1. The second-order valence-electron chi connectivity index (χ2n) is 4.90. The van der Waals surface area contributed by atoms with Crippen molar-refractivity contribution >= 4 is 6.09 Å². The van der Waals surface area contributed by atoms with Crippen LogP contribution in [0.15, 0.2) is 30.3 Å². The van der Waals surface area contributed by atoms with E-state index in [1.165, 1.54) is 0 Å². The van der Waals surface area contributed by atoms with Gasteiger partial charge in [0.05, 0.1) is 6.10 Å². The largest absolute Gasteiger partial charge is 0.522 e. The monoisotopic (exact) mass is 303 g/mol. The number of amides is 1. The average molecular weight is 303 g/mol. The Kier molecular flexibility index (Phi) is 5.06. The van der Waals surface area contributed by atoms with Gasteiger partial charge in [-0.3, -0.25) is 4.74 Å². The van der Waals surface area contributed by atoms with E-state index in [1.807, 2.05) is 30.3 Å². The zero-order valence-electron chi connectivity index (χ0n) is 11.2. The zero-order valence-corrected chi connectivity index (χ0v) is 11.2. The standard InChI is InChI=1S/C14H16F3NO3/c15-14(16,17)21-12-7-6-11(8-12)18-13(19)20-9-10-4-2-1-3-5-10/h1-5,11-12H,6-9H2,(H,18,19). The molecule has 2 unspecified atom stereocenters. The topological polar surface area (TPSA) is 47.6 Å². The highest BCUT2D eigenvalue weighted by Crippen LogP contribution is 2.28. The highest BCUT2D eigenvalue weighted by atomic mass is 19.4. The van der Waals surface area contributed by atoms with Crippen LogP contribution in [0.4, 0.5) is 18.0 Å². The van der Waals surface area contributed by atoms with Crippen molar-refractivity contribution in [2.24, 2.45) is 0 Å². The van der Waals surface area contributed by atoms with Gasteiger partial charge in [0.15, 0.2) is 0 Å². The number of ether oxygens (including phenoxy) is 2. The molecule has 1 aromatic carbocycles. The molecule has 0 aliphatic heterocycles. The van der Waals surface area contributed by atoms with E-state index in [9.17, 15) is 18.0 Å². The third kappa shape index (κ3) is 5.63. The summed E-state index contributed by atoms with van der Waals surface area (Å²) in [6.45, 7) is 0.127. The lowest BCUT2D eigenvalue weighted by atomic mass is 10.2. The summed E-state index contributed by atoms with van der Waals surface area (Å²) in [6.07, 6.45) is -5.31. The predicted octanol–water partition coefficient (Wildman–Crippen LogP) is 3.37. The van der Waals surface area contributed by atoms with Crippen LogP contribution in [0.25, 0.3) is 0 Å². The first-order valence-corrected chi connectivity index (χ1v) is 6.64. The number of hydrogen-bond donors (Lipinski definition) is 1. The van der Waals surface area contributed by atoms with Crippen LogP contribution in [0, 0.1) is 0 Å². The average Bonchev–Trinajstić information content (AvgIpc) is 2.82. The number of carbonyl (C=O) groups is 1. The van der Waals surface area contributed by atoms with Crippen LogP contribution in [0.1, 0.15) is 24.8 Å². The predicted molar refractivity (Wildman–Crippen MR) is 68.3 cm³/mol. The molecule has 1 aromatic rings. The third-order valence-electron chi connectivity index (χ3n) is 3.22. The Balaban J connectivity index is 1.69. The molecule has 1 fully saturated rings. The van der Waals surface area contributed by atoms with Crippen LogP contribution in [0.2, 0.25) is 0 Å². The lowest BCUT2D eigenvalue weighted by Gasteiger charge is -2.15. The molecule has 0 radical (unpaired) electrons. The summed E-state index contributed by atoms with van der Waals surface area (Å²) >= 11 is 0. The van der Waals surface area contributed by atoms with E-state index >= 15 is 0 Å². The Morgan fingerprint density at radius 1 is 1.24 bits per heavy atom. The molecule has 2 atom stereocenters. The molecular weight excluding hydrogens is 287 g/mol. The molecule has 21 heavy (non-hydrogen) atoms. The minimum atomic E-state index is -4.63. The first-order valence-electron chi connectivity index (χ1n) is 6.64. The Bertz CT molecular complexity index is 464. The number of rotatable bonds is 4. The molecular formula is C14H16F3NO3. The van der Waals surface area contributed by atoms with Crippen molar-refractivity contribution in [3.8, 4) is 0 Å². The summed E-state index contributed by atoms with van der Waals surface area (Å²) in [7, 11) is 0. The highest BCUT2D eigenvalue weighted by Gasteiger charge is 2.37. The second-order valence-corrected chi connectivity index (χ2v) is 4.90. The minimum Gasteiger partial charge on any atom is -0.445 e. The van der Waals surface area contributed by atoms with Gasteiger partial charge in [0.25, 0.3) is 0 Å². The van der Waals surface area contributed by atoms with Crippen LogP contribution in [0.5, 0.6) is 0 Å². The molecule has 0 heterocycles. The normalized spacial score (nSPS) is 22.0. The maximum atomic E-state index is 12.1. The smallest absolute Gasteiger partial charge is 0.445 e. The zero-order chi connectivity index (χ0) is 15.3. The van der Waals surface area contributed by atoms with Crippen molar-refractivity contribution in [3.63, 3.8) is 0 Å². The van der Waals surface area contributed by atoms with Gasteiger partial charge in [0, 0.05) is 6.04 Å². The van der Waals surface area contributed by atoms with Gasteiger partial charge >= 0.3 is 12.5 Å². The maximum Gasteiger partial charge on any atom is 0.522 e. The van der Waals surface area contributed by atoms with Crippen LogP contribution >= 0.6 is 0 Å². The van der Waals surface area contributed by atoms with Crippen molar-refractivity contribution in [1.29, 1.82) is 0 Å². The molecule has 1 saturated carbocycles. The van der Waals surface area contributed by atoms with Crippen molar-refractivity contribution in [2.75, 3.05) is 0 Å².